The first-order chi connectivity index (χ1) is 7.10. The number of hydrogen-bond acceptors (Lipinski definition) is 2. The summed E-state index contributed by atoms with van der Waals surface area (Å²) < 4.78 is 0. The SMILES string of the molecule is CCCCC(CC)CNC(=N)NC(=N)N. The van der Waals surface area contributed by atoms with Crippen LogP contribution in [-0.2, 0) is 0 Å². The van der Waals surface area contributed by atoms with Gasteiger partial charge in [0.2, 0.25) is 0 Å². The van der Waals surface area contributed by atoms with E-state index in [1.807, 2.05) is 0 Å². The largest absolute Gasteiger partial charge is 0.370 e. The van der Waals surface area contributed by atoms with Crippen LogP contribution >= 0.6 is 0 Å². The van der Waals surface area contributed by atoms with E-state index in [4.69, 9.17) is 16.6 Å². The molecule has 0 saturated carbocycles. The summed E-state index contributed by atoms with van der Waals surface area (Å²) in [6.07, 6.45) is 4.74. The van der Waals surface area contributed by atoms with Crippen molar-refractivity contribution in [1.29, 1.82) is 10.8 Å². The van der Waals surface area contributed by atoms with E-state index in [0.29, 0.717) is 5.92 Å². The summed E-state index contributed by atoms with van der Waals surface area (Å²) >= 11 is 0. The number of unbranched alkanes of at least 4 members (excludes halogenated alkanes) is 1. The van der Waals surface area contributed by atoms with Crippen molar-refractivity contribution in [3.8, 4) is 0 Å². The minimum atomic E-state index is -0.200. The minimum absolute atomic E-state index is 0.109. The highest BCUT2D eigenvalue weighted by atomic mass is 15.2. The second-order valence-electron chi connectivity index (χ2n) is 3.71. The van der Waals surface area contributed by atoms with Gasteiger partial charge in [-0.05, 0) is 12.3 Å². The predicted molar refractivity (Wildman–Crippen MR) is 64.1 cm³/mol. The molecule has 0 aliphatic carbocycles. The van der Waals surface area contributed by atoms with Crippen molar-refractivity contribution in [1.82, 2.24) is 10.6 Å². The molecule has 0 aromatic carbocycles. The van der Waals surface area contributed by atoms with Crippen molar-refractivity contribution in [2.45, 2.75) is 39.5 Å². The van der Waals surface area contributed by atoms with E-state index in [1.165, 1.54) is 19.3 Å². The molecule has 0 aliphatic heterocycles. The Hall–Kier alpha value is -1.26. The molecule has 0 rings (SSSR count). The fourth-order valence-electron chi connectivity index (χ4n) is 1.37. The van der Waals surface area contributed by atoms with Gasteiger partial charge in [0.15, 0.2) is 11.9 Å². The quantitative estimate of drug-likeness (QED) is 0.339. The Morgan fingerprint density at radius 1 is 1.33 bits per heavy atom. The summed E-state index contributed by atoms with van der Waals surface area (Å²) in [5, 5.41) is 19.7. The standard InChI is InChI=1S/C10H23N5/c1-3-5-6-8(4-2)7-14-10(13)15-9(11)12/h8H,3-7H2,1-2H3,(H6,11,12,13,14,15). The average molecular weight is 213 g/mol. The summed E-state index contributed by atoms with van der Waals surface area (Å²) in [5.41, 5.74) is 5.10. The zero-order valence-corrected chi connectivity index (χ0v) is 9.69. The Labute approximate surface area is 91.8 Å². The molecule has 0 fully saturated rings. The van der Waals surface area contributed by atoms with Gasteiger partial charge in [-0.2, -0.15) is 0 Å². The smallest absolute Gasteiger partial charge is 0.195 e. The Bertz CT molecular complexity index is 202. The van der Waals surface area contributed by atoms with Gasteiger partial charge in [0.05, 0.1) is 0 Å². The van der Waals surface area contributed by atoms with Gasteiger partial charge in [0.25, 0.3) is 0 Å². The van der Waals surface area contributed by atoms with E-state index in [9.17, 15) is 0 Å². The Morgan fingerprint density at radius 3 is 2.47 bits per heavy atom. The van der Waals surface area contributed by atoms with Crippen molar-refractivity contribution < 1.29 is 0 Å². The van der Waals surface area contributed by atoms with Gasteiger partial charge in [-0.1, -0.05) is 33.1 Å². The fraction of sp³-hybridized carbons (Fsp3) is 0.800. The summed E-state index contributed by atoms with van der Waals surface area (Å²) in [4.78, 5) is 0. The highest BCUT2D eigenvalue weighted by Gasteiger charge is 2.06. The molecular weight excluding hydrogens is 190 g/mol. The van der Waals surface area contributed by atoms with Crippen molar-refractivity contribution in [2.75, 3.05) is 6.54 Å². The Morgan fingerprint density at radius 2 is 2.00 bits per heavy atom. The lowest BCUT2D eigenvalue weighted by Crippen LogP contribution is -2.44. The Kier molecular flexibility index (Phi) is 7.40. The van der Waals surface area contributed by atoms with E-state index in [1.54, 1.807) is 0 Å². The number of rotatable bonds is 6. The monoisotopic (exact) mass is 213 g/mol. The second-order valence-corrected chi connectivity index (χ2v) is 3.71. The minimum Gasteiger partial charge on any atom is -0.370 e. The van der Waals surface area contributed by atoms with Crippen LogP contribution in [0.15, 0.2) is 0 Å². The van der Waals surface area contributed by atoms with Crippen LogP contribution < -0.4 is 16.4 Å². The number of hydrogen-bond donors (Lipinski definition) is 5. The summed E-state index contributed by atoms with van der Waals surface area (Å²) in [7, 11) is 0. The maximum Gasteiger partial charge on any atom is 0.195 e. The predicted octanol–water partition coefficient (Wildman–Crippen LogP) is 1.21. The number of guanidine groups is 2. The third kappa shape index (κ3) is 7.78. The summed E-state index contributed by atoms with van der Waals surface area (Å²) in [6.45, 7) is 5.11. The van der Waals surface area contributed by atoms with Gasteiger partial charge >= 0.3 is 0 Å². The molecule has 0 aromatic rings. The van der Waals surface area contributed by atoms with Crippen LogP contribution in [0.5, 0.6) is 0 Å². The van der Waals surface area contributed by atoms with Gasteiger partial charge in [-0.15, -0.1) is 0 Å². The highest BCUT2D eigenvalue weighted by Crippen LogP contribution is 2.10. The van der Waals surface area contributed by atoms with Gasteiger partial charge in [0.1, 0.15) is 0 Å². The van der Waals surface area contributed by atoms with Crippen molar-refractivity contribution in [3.63, 3.8) is 0 Å². The van der Waals surface area contributed by atoms with Crippen molar-refractivity contribution >= 4 is 11.9 Å². The lowest BCUT2D eigenvalue weighted by Gasteiger charge is -2.16. The topological polar surface area (TPSA) is 97.8 Å². The molecule has 5 heteroatoms. The average Bonchev–Trinajstić information content (AvgIpc) is 2.17. The first kappa shape index (κ1) is 13.7. The molecule has 0 aliphatic rings. The normalized spacial score (nSPS) is 11.9. The van der Waals surface area contributed by atoms with Gasteiger partial charge < -0.3 is 11.1 Å². The molecule has 88 valence electrons. The van der Waals surface area contributed by atoms with Crippen LogP contribution in [0.2, 0.25) is 0 Å². The number of nitrogens with one attached hydrogen (secondary N) is 4. The zero-order valence-electron chi connectivity index (χ0n) is 9.69. The van der Waals surface area contributed by atoms with E-state index in [2.05, 4.69) is 24.5 Å². The van der Waals surface area contributed by atoms with Crippen molar-refractivity contribution in [2.24, 2.45) is 11.7 Å². The zero-order chi connectivity index (χ0) is 11.7. The maximum atomic E-state index is 7.42. The van der Waals surface area contributed by atoms with Crippen LogP contribution in [0.3, 0.4) is 0 Å². The molecule has 5 nitrogen and oxygen atoms in total. The van der Waals surface area contributed by atoms with E-state index in [-0.39, 0.29) is 11.9 Å². The molecule has 0 spiro atoms. The third-order valence-corrected chi connectivity index (χ3v) is 2.37. The summed E-state index contributed by atoms with van der Waals surface area (Å²) in [6, 6.07) is 0. The number of nitrogens with two attached hydrogens (primary N) is 1. The molecular formula is C10H23N5. The molecule has 0 heterocycles. The van der Waals surface area contributed by atoms with Gasteiger partial charge in [-0.3, -0.25) is 16.1 Å². The molecule has 1 atom stereocenters. The van der Waals surface area contributed by atoms with Crippen LogP contribution in [0, 0.1) is 16.7 Å². The van der Waals surface area contributed by atoms with Crippen LogP contribution in [0.25, 0.3) is 0 Å². The van der Waals surface area contributed by atoms with Crippen molar-refractivity contribution in [3.05, 3.63) is 0 Å². The fourth-order valence-corrected chi connectivity index (χ4v) is 1.37. The van der Waals surface area contributed by atoms with Crippen LogP contribution in [0.4, 0.5) is 0 Å². The second kappa shape index (κ2) is 8.08. The highest BCUT2D eigenvalue weighted by molar-refractivity contribution is 5.94. The van der Waals surface area contributed by atoms with Crippen LogP contribution in [0.1, 0.15) is 39.5 Å². The first-order valence-electron chi connectivity index (χ1n) is 5.53. The summed E-state index contributed by atoms with van der Waals surface area (Å²) in [5.74, 6) is 0.505. The molecule has 0 bridgehead atoms. The molecule has 15 heavy (non-hydrogen) atoms. The molecule has 0 aromatic heterocycles. The first-order valence-corrected chi connectivity index (χ1v) is 5.53. The van der Waals surface area contributed by atoms with E-state index >= 15 is 0 Å². The lowest BCUT2D eigenvalue weighted by atomic mass is 9.99. The maximum absolute atomic E-state index is 7.42. The van der Waals surface area contributed by atoms with Crippen LogP contribution in [-0.4, -0.2) is 18.5 Å². The molecule has 0 saturated heterocycles. The molecule has 0 amide bonds. The molecule has 0 radical (unpaired) electrons. The van der Waals surface area contributed by atoms with Gasteiger partial charge in [0, 0.05) is 6.54 Å². The molecule has 1 unspecified atom stereocenters. The Balaban J connectivity index is 3.69. The van der Waals surface area contributed by atoms with Gasteiger partial charge in [-0.25, -0.2) is 0 Å². The third-order valence-electron chi connectivity index (χ3n) is 2.37. The van der Waals surface area contributed by atoms with E-state index in [0.717, 1.165) is 13.0 Å². The molecule has 6 N–H and O–H groups in total. The van der Waals surface area contributed by atoms with E-state index < -0.39 is 0 Å². The lowest BCUT2D eigenvalue weighted by molar-refractivity contribution is 0.444.